The summed E-state index contributed by atoms with van der Waals surface area (Å²) in [5, 5.41) is 11.1. The van der Waals surface area contributed by atoms with Gasteiger partial charge in [-0.1, -0.05) is 38.0 Å². The Kier molecular flexibility index (Phi) is 8.09. The normalized spacial score (nSPS) is 19.0. The molecule has 3 rings (SSSR count). The first kappa shape index (κ1) is 23.3. The number of benzene rings is 1. The van der Waals surface area contributed by atoms with Gasteiger partial charge in [-0.05, 0) is 36.8 Å². The molecule has 1 amide bonds. The van der Waals surface area contributed by atoms with E-state index in [4.69, 9.17) is 4.74 Å². The number of hydrogen-bond acceptors (Lipinski definition) is 7. The van der Waals surface area contributed by atoms with Crippen molar-refractivity contribution >= 4 is 29.3 Å². The maximum atomic E-state index is 13.2. The smallest absolute Gasteiger partial charge is 0.360 e. The van der Waals surface area contributed by atoms with Crippen LogP contribution in [-0.4, -0.2) is 64.3 Å². The molecule has 0 unspecified atom stereocenters. The molecule has 168 valence electrons. The Bertz CT molecular complexity index is 899. The van der Waals surface area contributed by atoms with Crippen molar-refractivity contribution in [1.82, 2.24) is 19.9 Å². The number of nitrogens with one attached hydrogen (secondary N) is 1. The lowest BCUT2D eigenvalue weighted by Crippen LogP contribution is -2.41. The van der Waals surface area contributed by atoms with Crippen molar-refractivity contribution < 1.29 is 14.3 Å². The van der Waals surface area contributed by atoms with Crippen LogP contribution in [0, 0.1) is 5.92 Å². The number of ether oxygens (including phenoxy) is 1. The van der Waals surface area contributed by atoms with E-state index in [1.54, 1.807) is 22.6 Å². The Labute approximate surface area is 187 Å². The van der Waals surface area contributed by atoms with Gasteiger partial charge in [0.2, 0.25) is 5.91 Å². The van der Waals surface area contributed by atoms with E-state index in [0.29, 0.717) is 18.9 Å². The minimum atomic E-state index is -0.513. The predicted octanol–water partition coefficient (Wildman–Crippen LogP) is 3.48. The van der Waals surface area contributed by atoms with Crippen LogP contribution in [0.25, 0.3) is 0 Å². The lowest BCUT2D eigenvalue weighted by atomic mass is 10.0. The van der Waals surface area contributed by atoms with Gasteiger partial charge >= 0.3 is 5.97 Å². The number of amides is 1. The summed E-state index contributed by atoms with van der Waals surface area (Å²) in [6.45, 7) is 5.91. The van der Waals surface area contributed by atoms with Crippen LogP contribution in [0.3, 0.4) is 0 Å². The van der Waals surface area contributed by atoms with Crippen LogP contribution < -0.4 is 5.32 Å². The molecule has 1 aliphatic heterocycles. The van der Waals surface area contributed by atoms with E-state index in [9.17, 15) is 9.59 Å². The average Bonchev–Trinajstić information content (AvgIpc) is 3.44. The summed E-state index contributed by atoms with van der Waals surface area (Å²) in [6.07, 6.45) is 6.36. The molecule has 0 spiro atoms. The number of nitrogens with zero attached hydrogens (tertiary/aromatic N) is 4. The summed E-state index contributed by atoms with van der Waals surface area (Å²) in [5.41, 5.74) is 0.979. The number of aromatic nitrogens is 3. The van der Waals surface area contributed by atoms with Gasteiger partial charge in [0.1, 0.15) is 0 Å². The topological polar surface area (TPSA) is 89.3 Å². The largest absolute Gasteiger partial charge is 0.464 e. The zero-order chi connectivity index (χ0) is 22.4. The third kappa shape index (κ3) is 5.65. The Hall–Kier alpha value is -2.39. The molecule has 1 aromatic heterocycles. The molecule has 31 heavy (non-hydrogen) atoms. The molecule has 2 atom stereocenters. The van der Waals surface area contributed by atoms with Gasteiger partial charge in [0, 0.05) is 23.7 Å². The van der Waals surface area contributed by atoms with Crippen molar-refractivity contribution in [3.8, 4) is 0 Å². The molecule has 9 heteroatoms. The van der Waals surface area contributed by atoms with Gasteiger partial charge in [0.15, 0.2) is 5.69 Å². The van der Waals surface area contributed by atoms with E-state index in [-0.39, 0.29) is 23.7 Å². The van der Waals surface area contributed by atoms with Crippen molar-refractivity contribution in [2.45, 2.75) is 50.1 Å². The number of methoxy groups -OCH3 is 1. The summed E-state index contributed by atoms with van der Waals surface area (Å²) in [6, 6.07) is 7.57. The van der Waals surface area contributed by atoms with E-state index in [0.717, 1.165) is 30.0 Å². The number of rotatable bonds is 9. The molecular formula is C22H31N5O3S. The highest BCUT2D eigenvalue weighted by molar-refractivity contribution is 7.98. The minimum Gasteiger partial charge on any atom is -0.464 e. The van der Waals surface area contributed by atoms with E-state index in [1.807, 2.05) is 30.5 Å². The monoisotopic (exact) mass is 445 g/mol. The molecule has 0 saturated carbocycles. The zero-order valence-electron chi connectivity index (χ0n) is 18.6. The standard InChI is InChI=1S/C22H31N5O3S/c1-5-15(6-2)12-26-13-17(27-14-19(24-25-27)22(29)30-3)11-20(26)21(28)23-16-8-7-9-18(10-16)31-4/h7-10,14-15,17,20H,5-6,11-13H2,1-4H3,(H,23,28)/t17-,20+/m1/s1. The fourth-order valence-corrected chi connectivity index (χ4v) is 4.46. The number of carbonyl (C=O) groups excluding carboxylic acids is 2. The van der Waals surface area contributed by atoms with Gasteiger partial charge in [-0.2, -0.15) is 0 Å². The summed E-state index contributed by atoms with van der Waals surface area (Å²) < 4.78 is 6.42. The first-order chi connectivity index (χ1) is 15.0. The lowest BCUT2D eigenvalue weighted by Gasteiger charge is -2.27. The third-order valence-corrected chi connectivity index (χ3v) is 6.67. The number of carbonyl (C=O) groups is 2. The predicted molar refractivity (Wildman–Crippen MR) is 121 cm³/mol. The van der Waals surface area contributed by atoms with Crippen LogP contribution in [-0.2, 0) is 9.53 Å². The van der Waals surface area contributed by atoms with Crippen molar-refractivity contribution in [1.29, 1.82) is 0 Å². The first-order valence-corrected chi connectivity index (χ1v) is 11.9. The third-order valence-electron chi connectivity index (χ3n) is 5.95. The van der Waals surface area contributed by atoms with Crippen molar-refractivity contribution in [3.05, 3.63) is 36.2 Å². The van der Waals surface area contributed by atoms with Crippen LogP contribution in [0.2, 0.25) is 0 Å². The Morgan fingerprint density at radius 1 is 1.32 bits per heavy atom. The second kappa shape index (κ2) is 10.8. The van der Waals surface area contributed by atoms with Crippen molar-refractivity contribution in [2.75, 3.05) is 31.8 Å². The number of likely N-dealkylation sites (tertiary alicyclic amines) is 1. The molecule has 2 heterocycles. The highest BCUT2D eigenvalue weighted by atomic mass is 32.2. The number of thioether (sulfide) groups is 1. The van der Waals surface area contributed by atoms with Gasteiger partial charge in [0.25, 0.3) is 0 Å². The van der Waals surface area contributed by atoms with Crippen molar-refractivity contribution in [3.63, 3.8) is 0 Å². The Morgan fingerprint density at radius 3 is 2.77 bits per heavy atom. The fraction of sp³-hybridized carbons (Fsp3) is 0.545. The van der Waals surface area contributed by atoms with E-state index in [2.05, 4.69) is 34.4 Å². The summed E-state index contributed by atoms with van der Waals surface area (Å²) >= 11 is 1.64. The number of esters is 1. The van der Waals surface area contributed by atoms with Crippen LogP contribution >= 0.6 is 11.8 Å². The Balaban J connectivity index is 1.78. The highest BCUT2D eigenvalue weighted by Crippen LogP contribution is 2.30. The molecule has 1 N–H and O–H groups in total. The maximum Gasteiger partial charge on any atom is 0.360 e. The van der Waals surface area contributed by atoms with Gasteiger partial charge in [-0.3, -0.25) is 9.69 Å². The number of anilines is 1. The molecule has 1 aliphatic rings. The molecule has 0 aliphatic carbocycles. The van der Waals surface area contributed by atoms with E-state index >= 15 is 0 Å². The van der Waals surface area contributed by atoms with Gasteiger partial charge in [-0.25, -0.2) is 9.48 Å². The Morgan fingerprint density at radius 2 is 2.10 bits per heavy atom. The highest BCUT2D eigenvalue weighted by Gasteiger charge is 2.39. The lowest BCUT2D eigenvalue weighted by molar-refractivity contribution is -0.120. The quantitative estimate of drug-likeness (QED) is 0.467. The number of hydrogen-bond donors (Lipinski definition) is 1. The molecule has 8 nitrogen and oxygen atoms in total. The summed E-state index contributed by atoms with van der Waals surface area (Å²) in [7, 11) is 1.32. The van der Waals surface area contributed by atoms with E-state index in [1.165, 1.54) is 7.11 Å². The average molecular weight is 446 g/mol. The molecule has 1 aromatic carbocycles. The van der Waals surface area contributed by atoms with Crippen LogP contribution in [0.4, 0.5) is 5.69 Å². The second-order valence-electron chi connectivity index (χ2n) is 7.84. The van der Waals surface area contributed by atoms with Gasteiger partial charge < -0.3 is 10.1 Å². The van der Waals surface area contributed by atoms with Crippen LogP contribution in [0.5, 0.6) is 0 Å². The van der Waals surface area contributed by atoms with Gasteiger partial charge in [-0.15, -0.1) is 16.9 Å². The molecule has 1 fully saturated rings. The molecular weight excluding hydrogens is 414 g/mol. The second-order valence-corrected chi connectivity index (χ2v) is 8.72. The van der Waals surface area contributed by atoms with E-state index < -0.39 is 5.97 Å². The van der Waals surface area contributed by atoms with Crippen LogP contribution in [0.15, 0.2) is 35.4 Å². The molecule has 0 bridgehead atoms. The SMILES string of the molecule is CCC(CC)CN1C[C@H](n2cc(C(=O)OC)nn2)C[C@H]1C(=O)Nc1cccc(SC)c1. The summed E-state index contributed by atoms with van der Waals surface area (Å²) in [4.78, 5) is 28.3. The van der Waals surface area contributed by atoms with Crippen LogP contribution in [0.1, 0.15) is 49.6 Å². The first-order valence-electron chi connectivity index (χ1n) is 10.7. The van der Waals surface area contributed by atoms with Gasteiger partial charge in [0.05, 0.1) is 25.4 Å². The van der Waals surface area contributed by atoms with Crippen molar-refractivity contribution in [2.24, 2.45) is 5.92 Å². The fourth-order valence-electron chi connectivity index (χ4n) is 4.00. The molecule has 2 aromatic rings. The molecule has 1 saturated heterocycles. The summed E-state index contributed by atoms with van der Waals surface area (Å²) in [5.74, 6) is -0.00337. The maximum absolute atomic E-state index is 13.2. The molecule has 0 radical (unpaired) electrons. The minimum absolute atomic E-state index is 0.0139. The zero-order valence-corrected chi connectivity index (χ0v) is 19.4.